The summed E-state index contributed by atoms with van der Waals surface area (Å²) < 4.78 is 128. The zero-order valence-corrected chi connectivity index (χ0v) is 76.4. The first-order chi connectivity index (χ1) is 66.5. The fraction of sp³-hybridized carbons (Fsp3) is 0.184. The number of carbonyl (C=O) groups excluding carboxylic acids is 6. The zero-order chi connectivity index (χ0) is 96.7. The first-order valence-corrected chi connectivity index (χ1v) is 44.8. The van der Waals surface area contributed by atoms with Gasteiger partial charge in [-0.1, -0.05) is 29.3 Å². The number of nitrogens with one attached hydrogen (secondary N) is 6. The fourth-order valence-corrected chi connectivity index (χ4v) is 20.0. The van der Waals surface area contributed by atoms with Gasteiger partial charge in [0.1, 0.15) is 79.4 Å². The molecule has 0 saturated carbocycles. The Hall–Kier alpha value is -15.9. The minimum absolute atomic E-state index is 0.0995. The lowest BCUT2D eigenvalue weighted by molar-refractivity contribution is 0.0920. The molecule has 696 valence electrons. The van der Waals surface area contributed by atoms with E-state index >= 15 is 0 Å². The van der Waals surface area contributed by atoms with Crippen molar-refractivity contribution in [2.24, 2.45) is 0 Å². The summed E-state index contributed by atoms with van der Waals surface area (Å²) in [6.07, 6.45) is 11.0. The van der Waals surface area contributed by atoms with Gasteiger partial charge < -0.3 is 64.0 Å². The molecule has 24 rings (SSSR count). The molecule has 0 spiro atoms. The quantitative estimate of drug-likeness (QED) is 0.0640. The molecule has 35 heteroatoms. The maximum Gasteiger partial charge on any atom is 0.268 e. The lowest BCUT2D eigenvalue weighted by atomic mass is 10.0. The van der Waals surface area contributed by atoms with Gasteiger partial charge in [0, 0.05) is 222 Å². The highest BCUT2D eigenvalue weighted by Crippen LogP contribution is 2.44. The van der Waals surface area contributed by atoms with Gasteiger partial charge in [0.2, 0.25) is 17.8 Å². The number of hydrogen-bond acceptors (Lipinski definition) is 13. The van der Waals surface area contributed by atoms with E-state index in [1.54, 1.807) is 81.4 Å². The summed E-state index contributed by atoms with van der Waals surface area (Å²) in [5.41, 5.74) is 21.6. The summed E-state index contributed by atoms with van der Waals surface area (Å²) >= 11 is 11.8. The lowest BCUT2D eigenvalue weighted by Gasteiger charge is -2.18. The largest absolute Gasteiger partial charge is 0.481 e. The number of pyridine rings is 6. The molecule has 0 atom stereocenters. The Balaban J connectivity index is 0.000000106. The lowest BCUT2D eigenvalue weighted by Crippen LogP contribution is -2.35. The van der Waals surface area contributed by atoms with E-state index in [4.69, 9.17) is 27.9 Å². The molecule has 0 bridgehead atoms. The van der Waals surface area contributed by atoms with E-state index in [1.165, 1.54) is 97.3 Å². The van der Waals surface area contributed by atoms with Crippen molar-refractivity contribution in [3.8, 4) is 72.6 Å². The van der Waals surface area contributed by atoms with Crippen LogP contribution in [0.4, 0.5) is 35.1 Å². The Morgan fingerprint density at radius 2 is 0.572 bits per heavy atom. The second-order valence-electron chi connectivity index (χ2n) is 33.7. The van der Waals surface area contributed by atoms with Crippen LogP contribution in [0.25, 0.3) is 132 Å². The molecule has 0 radical (unpaired) electrons. The minimum atomic E-state index is -0.625. The molecule has 0 fully saturated rings. The smallest absolute Gasteiger partial charge is 0.268 e. The number of benzene rings is 6. The second kappa shape index (κ2) is 37.1. The fourth-order valence-electron chi connectivity index (χ4n) is 19.7. The van der Waals surface area contributed by atoms with Crippen molar-refractivity contribution < 1.29 is 68.6 Å². The van der Waals surface area contributed by atoms with Gasteiger partial charge >= 0.3 is 0 Å². The number of halogens is 10. The van der Waals surface area contributed by atoms with Gasteiger partial charge in [0.15, 0.2) is 0 Å². The van der Waals surface area contributed by atoms with Crippen LogP contribution < -0.4 is 36.6 Å². The molecule has 18 heterocycles. The number of fused-ring (bicyclic) bond motifs is 18. The maximum atomic E-state index is 14.2. The predicted octanol–water partition coefficient (Wildman–Crippen LogP) is 19.0. The average Bonchev–Trinajstić information content (AvgIpc) is 1.61. The number of ether oxygens (including phenoxy) is 1. The normalized spacial score (nSPS) is 13.9. The van der Waals surface area contributed by atoms with Crippen LogP contribution in [0.15, 0.2) is 189 Å². The SMILES string of the molecule is COc1ccc(-c2cc(F)cc3c(C)c4n(c23)CCNC4=O)cn1.Cc1c2n(c3c(-c4ccc(Cl)nc4)cc(F)cc13)CCNC2=O.Cc1c2n(c3c(-c4ccc(F)nc4)cc(F)cc13)CCNC2=O.Cc1c2n(c3c(-c4cccnc4)cc(F)cc13)CCNC2=O.Cc1c2n(c3c(-c4ccnc(Cl)c4)cc(F)cc13)CCNC2=O.Cc1c2n(c3c(-c4ccnc(F)c4)cc(F)cc13)CCNC2=O. The Bertz CT molecular complexity index is 7800. The number of amides is 6. The molecule has 6 aromatic carbocycles. The monoisotopic (exact) mass is 1900 g/mol. The van der Waals surface area contributed by atoms with Gasteiger partial charge in [-0.25, -0.2) is 51.3 Å². The molecule has 138 heavy (non-hydrogen) atoms. The molecule has 6 amide bonds. The Morgan fingerprint density at radius 3 is 0.841 bits per heavy atom. The molecule has 0 aliphatic carbocycles. The number of aromatic nitrogens is 12. The van der Waals surface area contributed by atoms with Crippen molar-refractivity contribution >= 4 is 124 Å². The van der Waals surface area contributed by atoms with Crippen molar-refractivity contribution in [2.45, 2.75) is 80.8 Å². The molecular formula is C103H82Cl2F8N18O7. The minimum Gasteiger partial charge on any atom is -0.481 e. The highest BCUT2D eigenvalue weighted by molar-refractivity contribution is 6.30. The van der Waals surface area contributed by atoms with Crippen molar-refractivity contribution in [1.82, 2.24) is 89.2 Å². The molecule has 6 aliphatic rings. The van der Waals surface area contributed by atoms with Crippen molar-refractivity contribution in [1.29, 1.82) is 0 Å². The van der Waals surface area contributed by atoms with Gasteiger partial charge in [-0.05, 0) is 213 Å². The third-order valence-electron chi connectivity index (χ3n) is 25.6. The van der Waals surface area contributed by atoms with Crippen LogP contribution in [-0.2, 0) is 39.3 Å². The Labute approximate surface area is 790 Å². The van der Waals surface area contributed by atoms with Crippen molar-refractivity contribution in [3.05, 3.63) is 314 Å². The van der Waals surface area contributed by atoms with E-state index in [-0.39, 0.29) is 58.7 Å². The van der Waals surface area contributed by atoms with Gasteiger partial charge in [-0.2, -0.15) is 8.78 Å². The molecule has 6 N–H and O–H groups in total. The first kappa shape index (κ1) is 91.2. The Kier molecular flexibility index (Phi) is 24.5. The first-order valence-electron chi connectivity index (χ1n) is 44.0. The van der Waals surface area contributed by atoms with Crippen LogP contribution in [0.2, 0.25) is 10.3 Å². The van der Waals surface area contributed by atoms with E-state index in [0.29, 0.717) is 173 Å². The molecule has 18 aromatic rings. The number of methoxy groups -OCH3 is 1. The third kappa shape index (κ3) is 16.6. The Morgan fingerprint density at radius 1 is 0.283 bits per heavy atom. The predicted molar refractivity (Wildman–Crippen MR) is 510 cm³/mol. The zero-order valence-electron chi connectivity index (χ0n) is 74.9. The number of aryl methyl sites for hydroxylation is 6. The van der Waals surface area contributed by atoms with Crippen LogP contribution >= 0.6 is 23.2 Å². The van der Waals surface area contributed by atoms with E-state index in [9.17, 15) is 63.9 Å². The maximum absolute atomic E-state index is 14.2. The number of carbonyl (C=O) groups is 6. The molecule has 0 saturated heterocycles. The summed E-state index contributed by atoms with van der Waals surface area (Å²) in [6, 6.07) is 37.5. The summed E-state index contributed by atoms with van der Waals surface area (Å²) in [6.45, 7) is 18.2. The third-order valence-corrected chi connectivity index (χ3v) is 26.1. The van der Waals surface area contributed by atoms with E-state index in [0.717, 1.165) is 121 Å². The second-order valence-corrected chi connectivity index (χ2v) is 34.5. The van der Waals surface area contributed by atoms with Crippen LogP contribution in [0, 0.1) is 88.3 Å². The molecule has 12 aromatic heterocycles. The summed E-state index contributed by atoms with van der Waals surface area (Å²) in [4.78, 5) is 96.7. The summed E-state index contributed by atoms with van der Waals surface area (Å²) in [5, 5.41) is 22.1. The van der Waals surface area contributed by atoms with Gasteiger partial charge in [-0.3, -0.25) is 33.8 Å². The van der Waals surface area contributed by atoms with Crippen LogP contribution in [0.1, 0.15) is 96.3 Å². The number of nitrogens with zero attached hydrogens (tertiary/aromatic N) is 12. The standard InChI is InChI=1S/C18H16FN3O2.2C17H13ClFN3O.2C17H13F2N3O.C17H14FN3O/c1-10-13-7-12(19)8-14(11-3-4-15(24-2)21-9-11)17(13)22-6-5-20-18(23)16(10)22;1-9-12-6-11(19)7-13(10-2-3-14(18)21-8-10)16(12)22-5-4-20-17(23)15(9)22;1-9-12-7-11(19)8-13(10-2-3-20-14(18)6-10)16(12)22-5-4-21-17(23)15(9)22;1-9-12-6-11(18)7-13(10-2-3-14(19)21-8-10)16(12)22-5-4-20-17(23)15(9)22;1-9-12-7-11(18)8-13(10-2-3-20-14(19)6-10)16(12)22-5-4-21-17(23)15(9)22;1-10-13-7-12(18)8-14(11-3-2-4-19-9-11)16(13)21-6-5-20-17(22)15(10)21/h3-4,7-9H,5-6H2,1-2H3,(H,20,23);2-3,6-8H,4-5H2,1H3,(H,20,23);2-3,6-8H,4-5H2,1H3,(H,21,23);2-3,6-8H,4-5H2,1H3,(H,20,23);2-3,6-8H,4-5H2,1H3,(H,21,23);2-4,7-9H,5-6H2,1H3,(H,20,22). The van der Waals surface area contributed by atoms with Gasteiger partial charge in [-0.15, -0.1) is 0 Å². The average molecular weight is 1910 g/mol. The van der Waals surface area contributed by atoms with Crippen molar-refractivity contribution in [2.75, 3.05) is 46.4 Å². The van der Waals surface area contributed by atoms with E-state index in [1.807, 2.05) is 86.3 Å². The number of hydrogen-bond donors (Lipinski definition) is 6. The topological polar surface area (TPSA) is 291 Å². The summed E-state index contributed by atoms with van der Waals surface area (Å²) in [5.74, 6) is -3.64. The highest BCUT2D eigenvalue weighted by Gasteiger charge is 2.34. The molecular weight excluding hydrogens is 1820 g/mol. The molecule has 25 nitrogen and oxygen atoms in total. The number of rotatable bonds is 7. The van der Waals surface area contributed by atoms with Gasteiger partial charge in [0.25, 0.3) is 35.4 Å². The summed E-state index contributed by atoms with van der Waals surface area (Å²) in [7, 11) is 1.55. The van der Waals surface area contributed by atoms with E-state index < -0.39 is 23.5 Å². The van der Waals surface area contributed by atoms with Crippen LogP contribution in [-0.4, -0.2) is 139 Å². The molecule has 6 aliphatic heterocycles. The highest BCUT2D eigenvalue weighted by atomic mass is 35.5. The van der Waals surface area contributed by atoms with Gasteiger partial charge in [0.05, 0.1) is 40.2 Å². The van der Waals surface area contributed by atoms with Crippen LogP contribution in [0.3, 0.4) is 0 Å². The molecule has 0 unspecified atom stereocenters. The van der Waals surface area contributed by atoms with Crippen LogP contribution in [0.5, 0.6) is 5.88 Å². The van der Waals surface area contributed by atoms with E-state index in [2.05, 4.69) is 61.8 Å². The van der Waals surface area contributed by atoms with Crippen molar-refractivity contribution in [3.63, 3.8) is 0 Å².